The number of nitrogens with zero attached hydrogens (tertiary/aromatic N) is 1. The van der Waals surface area contributed by atoms with Crippen LogP contribution in [0.25, 0.3) is 44.2 Å². The molecule has 1 nitrogen and oxygen atoms in total. The monoisotopic (exact) mass is 399 g/mol. The first kappa shape index (κ1) is 19.1. The number of anilines is 1. The maximum atomic E-state index is 2.29. The van der Waals surface area contributed by atoms with Gasteiger partial charge in [-0.2, -0.15) is 0 Å². The zero-order valence-corrected chi connectivity index (χ0v) is 17.9. The number of hydrogen-bond acceptors (Lipinski definition) is 1. The van der Waals surface area contributed by atoms with E-state index < -0.39 is 0 Å². The van der Waals surface area contributed by atoms with Gasteiger partial charge in [-0.05, 0) is 62.4 Å². The Kier molecular flexibility index (Phi) is 5.01. The van der Waals surface area contributed by atoms with Gasteiger partial charge in [-0.1, -0.05) is 97.1 Å². The van der Waals surface area contributed by atoms with E-state index in [0.29, 0.717) is 0 Å². The molecule has 0 atom stereocenters. The third-order valence-corrected chi connectivity index (χ3v) is 5.90. The van der Waals surface area contributed by atoms with Gasteiger partial charge in [-0.25, -0.2) is 0 Å². The van der Waals surface area contributed by atoms with E-state index in [1.54, 1.807) is 0 Å². The van der Waals surface area contributed by atoms with Gasteiger partial charge in [0.15, 0.2) is 0 Å². The minimum atomic E-state index is 1.21. The number of hydrogen-bond donors (Lipinski definition) is 0. The van der Waals surface area contributed by atoms with Crippen LogP contribution in [0, 0.1) is 0 Å². The maximum absolute atomic E-state index is 2.29. The second kappa shape index (κ2) is 8.12. The second-order valence-electron chi connectivity index (χ2n) is 8.13. The fourth-order valence-electron chi connectivity index (χ4n) is 4.14. The van der Waals surface area contributed by atoms with Crippen molar-refractivity contribution in [2.24, 2.45) is 0 Å². The lowest BCUT2D eigenvalue weighted by molar-refractivity contribution is 1.13. The highest BCUT2D eigenvalue weighted by atomic mass is 15.1. The summed E-state index contributed by atoms with van der Waals surface area (Å²) in [6, 6.07) is 41.5. The van der Waals surface area contributed by atoms with Crippen LogP contribution in [0.3, 0.4) is 0 Å². The highest BCUT2D eigenvalue weighted by molar-refractivity contribution is 5.99. The Bertz CT molecular complexity index is 1320. The first-order chi connectivity index (χ1) is 15.2. The Morgan fingerprint density at radius 3 is 1.74 bits per heavy atom. The summed E-state index contributed by atoms with van der Waals surface area (Å²) in [6.45, 7) is 0. The van der Waals surface area contributed by atoms with Crippen LogP contribution in [0.4, 0.5) is 5.69 Å². The van der Waals surface area contributed by atoms with E-state index in [2.05, 4.69) is 134 Å². The topological polar surface area (TPSA) is 3.24 Å². The average molecular weight is 400 g/mol. The van der Waals surface area contributed by atoms with Crippen molar-refractivity contribution in [2.75, 3.05) is 19.0 Å². The van der Waals surface area contributed by atoms with E-state index in [-0.39, 0.29) is 0 Å². The normalized spacial score (nSPS) is 10.9. The molecule has 0 aliphatic heterocycles. The van der Waals surface area contributed by atoms with E-state index in [9.17, 15) is 0 Å². The molecule has 0 N–H and O–H groups in total. The van der Waals surface area contributed by atoms with Crippen LogP contribution in [-0.2, 0) is 0 Å². The van der Waals surface area contributed by atoms with Crippen LogP contribution in [-0.4, -0.2) is 14.1 Å². The quantitative estimate of drug-likeness (QED) is 0.297. The molecule has 5 aromatic carbocycles. The van der Waals surface area contributed by atoms with E-state index in [1.165, 1.54) is 49.8 Å². The molecule has 150 valence electrons. The Labute approximate surface area is 184 Å². The Balaban J connectivity index is 1.50. The molecule has 5 rings (SSSR count). The molecule has 0 saturated heterocycles. The molecule has 0 aromatic heterocycles. The molecular formula is C30H25N. The van der Waals surface area contributed by atoms with Crippen LogP contribution >= 0.6 is 0 Å². The number of fused-ring (bicyclic) bond motifs is 1. The van der Waals surface area contributed by atoms with Crippen molar-refractivity contribution in [3.63, 3.8) is 0 Å². The molecule has 0 heterocycles. The van der Waals surface area contributed by atoms with Crippen LogP contribution in [0.1, 0.15) is 0 Å². The van der Waals surface area contributed by atoms with Gasteiger partial charge in [-0.3, -0.25) is 0 Å². The first-order valence-corrected chi connectivity index (χ1v) is 10.7. The molecule has 0 unspecified atom stereocenters. The summed E-state index contributed by atoms with van der Waals surface area (Å²) in [5.41, 5.74) is 8.70. The molecule has 0 saturated carbocycles. The minimum absolute atomic E-state index is 1.21. The number of benzene rings is 5. The van der Waals surface area contributed by atoms with Gasteiger partial charge in [0.1, 0.15) is 0 Å². The van der Waals surface area contributed by atoms with Crippen molar-refractivity contribution in [3.8, 4) is 33.4 Å². The lowest BCUT2D eigenvalue weighted by atomic mass is 9.94. The van der Waals surface area contributed by atoms with Crippen LogP contribution < -0.4 is 4.90 Å². The molecule has 31 heavy (non-hydrogen) atoms. The lowest BCUT2D eigenvalue weighted by Gasteiger charge is -2.13. The number of rotatable bonds is 4. The summed E-state index contributed by atoms with van der Waals surface area (Å²) in [4.78, 5) is 2.12. The summed E-state index contributed by atoms with van der Waals surface area (Å²) in [5, 5.41) is 2.54. The molecule has 5 aromatic rings. The SMILES string of the molecule is CN(C)c1ccc(-c2ccc3c(-c4ccc(-c5ccccc5)cc4)cccc3c2)cc1. The molecule has 0 aliphatic rings. The van der Waals surface area contributed by atoms with Crippen LogP contribution in [0.2, 0.25) is 0 Å². The summed E-state index contributed by atoms with van der Waals surface area (Å²) < 4.78 is 0. The molecule has 0 bridgehead atoms. The highest BCUT2D eigenvalue weighted by Crippen LogP contribution is 2.33. The van der Waals surface area contributed by atoms with E-state index >= 15 is 0 Å². The second-order valence-corrected chi connectivity index (χ2v) is 8.13. The molecule has 0 aliphatic carbocycles. The smallest absolute Gasteiger partial charge is 0.0361 e. The van der Waals surface area contributed by atoms with Gasteiger partial charge in [0.25, 0.3) is 0 Å². The van der Waals surface area contributed by atoms with Crippen molar-refractivity contribution >= 4 is 16.5 Å². The fraction of sp³-hybridized carbons (Fsp3) is 0.0667. The fourth-order valence-corrected chi connectivity index (χ4v) is 4.14. The lowest BCUT2D eigenvalue weighted by Crippen LogP contribution is -2.07. The zero-order valence-electron chi connectivity index (χ0n) is 17.9. The van der Waals surface area contributed by atoms with E-state index in [1.807, 2.05) is 0 Å². The molecule has 0 spiro atoms. The summed E-state index contributed by atoms with van der Waals surface area (Å²) in [5.74, 6) is 0. The average Bonchev–Trinajstić information content (AvgIpc) is 2.84. The van der Waals surface area contributed by atoms with E-state index in [0.717, 1.165) is 0 Å². The molecule has 0 fully saturated rings. The van der Waals surface area contributed by atoms with Crippen molar-refractivity contribution in [1.82, 2.24) is 0 Å². The summed E-state index contributed by atoms with van der Waals surface area (Å²) in [7, 11) is 4.14. The third-order valence-electron chi connectivity index (χ3n) is 5.90. The van der Waals surface area contributed by atoms with Gasteiger partial charge < -0.3 is 4.90 Å². The molecular weight excluding hydrogens is 374 g/mol. The predicted octanol–water partition coefficient (Wildman–Crippen LogP) is 7.91. The molecule has 0 radical (unpaired) electrons. The zero-order chi connectivity index (χ0) is 21.2. The predicted molar refractivity (Wildman–Crippen MR) is 135 cm³/mol. The minimum Gasteiger partial charge on any atom is -0.378 e. The van der Waals surface area contributed by atoms with Gasteiger partial charge >= 0.3 is 0 Å². The van der Waals surface area contributed by atoms with Crippen LogP contribution in [0.5, 0.6) is 0 Å². The van der Waals surface area contributed by atoms with Crippen molar-refractivity contribution in [2.45, 2.75) is 0 Å². The summed E-state index contributed by atoms with van der Waals surface area (Å²) in [6.07, 6.45) is 0. The Hall–Kier alpha value is -3.84. The Morgan fingerprint density at radius 1 is 0.452 bits per heavy atom. The molecule has 1 heteroatoms. The third kappa shape index (κ3) is 3.83. The van der Waals surface area contributed by atoms with Crippen molar-refractivity contribution in [1.29, 1.82) is 0 Å². The van der Waals surface area contributed by atoms with Gasteiger partial charge in [-0.15, -0.1) is 0 Å². The van der Waals surface area contributed by atoms with Gasteiger partial charge in [0, 0.05) is 19.8 Å². The van der Waals surface area contributed by atoms with E-state index in [4.69, 9.17) is 0 Å². The van der Waals surface area contributed by atoms with Crippen molar-refractivity contribution in [3.05, 3.63) is 115 Å². The largest absolute Gasteiger partial charge is 0.378 e. The Morgan fingerprint density at radius 2 is 1.03 bits per heavy atom. The standard InChI is InChI=1S/C30H25N/c1-31(2)28-18-15-24(16-19-28)26-17-20-30-27(21-26)9-6-10-29(30)25-13-11-23(12-14-25)22-7-4-3-5-8-22/h3-21H,1-2H3. The summed E-state index contributed by atoms with van der Waals surface area (Å²) >= 11 is 0. The van der Waals surface area contributed by atoms with Gasteiger partial charge in [0.05, 0.1) is 0 Å². The van der Waals surface area contributed by atoms with Crippen molar-refractivity contribution < 1.29 is 0 Å². The van der Waals surface area contributed by atoms with Crippen LogP contribution in [0.15, 0.2) is 115 Å². The maximum Gasteiger partial charge on any atom is 0.0361 e. The highest BCUT2D eigenvalue weighted by Gasteiger charge is 2.07. The first-order valence-electron chi connectivity index (χ1n) is 10.7. The van der Waals surface area contributed by atoms with Gasteiger partial charge in [0.2, 0.25) is 0 Å². The molecule has 0 amide bonds.